The Morgan fingerprint density at radius 2 is 1.07 bits per heavy atom. The van der Waals surface area contributed by atoms with Crippen molar-refractivity contribution in [2.75, 3.05) is 0 Å². The highest BCUT2D eigenvalue weighted by Crippen LogP contribution is 2.23. The third-order valence-corrected chi connectivity index (χ3v) is 4.98. The van der Waals surface area contributed by atoms with E-state index in [4.69, 9.17) is 5.73 Å². The van der Waals surface area contributed by atoms with E-state index in [1.54, 1.807) is 0 Å². The first kappa shape index (κ1) is 17.7. The van der Waals surface area contributed by atoms with Crippen LogP contribution in [0.4, 0.5) is 0 Å². The van der Waals surface area contributed by atoms with Gasteiger partial charge in [-0.15, -0.1) is 0 Å². The molecular formula is C24H20N2O2. The minimum absolute atomic E-state index is 0.312. The van der Waals surface area contributed by atoms with E-state index in [1.807, 2.05) is 84.9 Å². The summed E-state index contributed by atoms with van der Waals surface area (Å²) in [5, 5.41) is 4.31. The Morgan fingerprint density at radius 1 is 0.643 bits per heavy atom. The number of amides is 2. The van der Waals surface area contributed by atoms with E-state index in [0.717, 1.165) is 32.7 Å². The Morgan fingerprint density at radius 3 is 1.54 bits per heavy atom. The van der Waals surface area contributed by atoms with Crippen molar-refractivity contribution in [2.24, 2.45) is 5.73 Å². The lowest BCUT2D eigenvalue weighted by Gasteiger charge is -2.23. The van der Waals surface area contributed by atoms with Crippen LogP contribution in [0, 0.1) is 0 Å². The van der Waals surface area contributed by atoms with Crippen molar-refractivity contribution in [3.8, 4) is 0 Å². The van der Waals surface area contributed by atoms with Crippen molar-refractivity contribution in [3.63, 3.8) is 0 Å². The molecule has 0 heterocycles. The van der Waals surface area contributed by atoms with Crippen LogP contribution in [0.2, 0.25) is 0 Å². The van der Waals surface area contributed by atoms with Gasteiger partial charge in [-0.2, -0.15) is 0 Å². The molecule has 0 unspecified atom stereocenters. The fourth-order valence-electron chi connectivity index (χ4n) is 3.63. The van der Waals surface area contributed by atoms with Gasteiger partial charge in [0.05, 0.1) is 0 Å². The number of carbonyl (C=O) groups is 2. The largest absolute Gasteiger partial charge is 0.361 e. The summed E-state index contributed by atoms with van der Waals surface area (Å²) >= 11 is 0. The van der Waals surface area contributed by atoms with Crippen molar-refractivity contribution in [2.45, 2.75) is 13.1 Å². The number of fused-ring (bicyclic) bond motifs is 2. The standard InChI is InChI=1S/C24H20N2O2/c25-23(27)24(28)26(15-19-11-5-9-17-7-1-3-13-21(17)19)16-20-12-6-10-18-8-2-4-14-22(18)20/h1-14H,15-16H2,(H2,25,27). The lowest BCUT2D eigenvalue weighted by Crippen LogP contribution is -2.39. The van der Waals surface area contributed by atoms with Gasteiger partial charge < -0.3 is 10.6 Å². The number of carbonyl (C=O) groups excluding carboxylic acids is 2. The fraction of sp³-hybridized carbons (Fsp3) is 0.0833. The summed E-state index contributed by atoms with van der Waals surface area (Å²) in [7, 11) is 0. The maximum atomic E-state index is 12.6. The Labute approximate surface area is 163 Å². The molecule has 0 saturated heterocycles. The minimum atomic E-state index is -0.944. The molecule has 0 aliphatic heterocycles. The van der Waals surface area contributed by atoms with E-state index in [0.29, 0.717) is 13.1 Å². The van der Waals surface area contributed by atoms with Crippen molar-refractivity contribution >= 4 is 33.4 Å². The van der Waals surface area contributed by atoms with Crippen molar-refractivity contribution in [3.05, 3.63) is 96.1 Å². The molecule has 4 aromatic rings. The molecule has 0 aromatic heterocycles. The van der Waals surface area contributed by atoms with Crippen LogP contribution in [0.5, 0.6) is 0 Å². The van der Waals surface area contributed by atoms with Crippen LogP contribution < -0.4 is 5.73 Å². The van der Waals surface area contributed by atoms with E-state index < -0.39 is 11.8 Å². The number of hydrogen-bond donors (Lipinski definition) is 1. The van der Waals surface area contributed by atoms with Gasteiger partial charge >= 0.3 is 11.8 Å². The van der Waals surface area contributed by atoms with Crippen LogP contribution in [0.15, 0.2) is 84.9 Å². The highest BCUT2D eigenvalue weighted by atomic mass is 16.2. The van der Waals surface area contributed by atoms with Crippen LogP contribution in [-0.4, -0.2) is 16.7 Å². The van der Waals surface area contributed by atoms with E-state index in [9.17, 15) is 9.59 Å². The summed E-state index contributed by atoms with van der Waals surface area (Å²) in [4.78, 5) is 25.8. The second-order valence-electron chi connectivity index (χ2n) is 6.80. The third kappa shape index (κ3) is 3.45. The summed E-state index contributed by atoms with van der Waals surface area (Å²) in [5.41, 5.74) is 7.30. The average Bonchev–Trinajstić information content (AvgIpc) is 2.73. The molecule has 2 amide bonds. The highest BCUT2D eigenvalue weighted by molar-refractivity contribution is 6.34. The third-order valence-electron chi connectivity index (χ3n) is 4.98. The molecule has 0 aliphatic rings. The first-order valence-electron chi connectivity index (χ1n) is 9.15. The van der Waals surface area contributed by atoms with Gasteiger partial charge in [-0.25, -0.2) is 0 Å². The quantitative estimate of drug-likeness (QED) is 0.553. The zero-order chi connectivity index (χ0) is 19.5. The van der Waals surface area contributed by atoms with Crippen molar-refractivity contribution < 1.29 is 9.59 Å². The molecular weight excluding hydrogens is 348 g/mol. The molecule has 0 saturated carbocycles. The highest BCUT2D eigenvalue weighted by Gasteiger charge is 2.21. The lowest BCUT2D eigenvalue weighted by molar-refractivity contribution is -0.145. The maximum Gasteiger partial charge on any atom is 0.312 e. The second kappa shape index (κ2) is 7.53. The number of nitrogens with two attached hydrogens (primary N) is 1. The Bertz CT molecular complexity index is 1090. The van der Waals surface area contributed by atoms with Crippen LogP contribution in [-0.2, 0) is 22.7 Å². The number of hydrogen-bond acceptors (Lipinski definition) is 2. The van der Waals surface area contributed by atoms with Crippen LogP contribution in [0.25, 0.3) is 21.5 Å². The van der Waals surface area contributed by atoms with E-state index in [1.165, 1.54) is 4.90 Å². The molecule has 138 valence electrons. The van der Waals surface area contributed by atoms with E-state index >= 15 is 0 Å². The van der Waals surface area contributed by atoms with Crippen LogP contribution in [0.3, 0.4) is 0 Å². The zero-order valence-electron chi connectivity index (χ0n) is 15.3. The van der Waals surface area contributed by atoms with Crippen molar-refractivity contribution in [1.82, 2.24) is 4.90 Å². The molecule has 0 bridgehead atoms. The molecule has 4 heteroatoms. The minimum Gasteiger partial charge on any atom is -0.361 e. The Kier molecular flexibility index (Phi) is 4.77. The van der Waals surface area contributed by atoms with Gasteiger partial charge in [0.15, 0.2) is 0 Å². The molecule has 0 fully saturated rings. The van der Waals surface area contributed by atoms with Crippen molar-refractivity contribution in [1.29, 1.82) is 0 Å². The molecule has 0 aliphatic carbocycles. The molecule has 2 N–H and O–H groups in total. The summed E-state index contributed by atoms with van der Waals surface area (Å²) in [6.45, 7) is 0.624. The molecule has 0 radical (unpaired) electrons. The Hall–Kier alpha value is -3.66. The van der Waals surface area contributed by atoms with Gasteiger partial charge in [0.25, 0.3) is 0 Å². The lowest BCUT2D eigenvalue weighted by atomic mass is 10.0. The SMILES string of the molecule is NC(=O)C(=O)N(Cc1cccc2ccccc12)Cc1cccc2ccccc12. The molecule has 4 aromatic carbocycles. The van der Waals surface area contributed by atoms with Gasteiger partial charge in [-0.05, 0) is 32.7 Å². The number of benzene rings is 4. The zero-order valence-corrected chi connectivity index (χ0v) is 15.3. The monoisotopic (exact) mass is 368 g/mol. The number of primary amides is 1. The fourth-order valence-corrected chi connectivity index (χ4v) is 3.63. The van der Waals surface area contributed by atoms with Gasteiger partial charge in [0.2, 0.25) is 0 Å². The molecule has 4 rings (SSSR count). The molecule has 28 heavy (non-hydrogen) atoms. The molecule has 0 spiro atoms. The maximum absolute atomic E-state index is 12.6. The van der Waals surface area contributed by atoms with Crippen LogP contribution >= 0.6 is 0 Å². The topological polar surface area (TPSA) is 63.4 Å². The second-order valence-corrected chi connectivity index (χ2v) is 6.80. The summed E-state index contributed by atoms with van der Waals surface area (Å²) in [5.74, 6) is -1.62. The predicted octanol–water partition coefficient (Wildman–Crippen LogP) is 4.01. The van der Waals surface area contributed by atoms with Gasteiger partial charge in [0.1, 0.15) is 0 Å². The summed E-state index contributed by atoms with van der Waals surface area (Å²) in [6.07, 6.45) is 0. The smallest absolute Gasteiger partial charge is 0.312 e. The van der Waals surface area contributed by atoms with Gasteiger partial charge in [-0.1, -0.05) is 84.9 Å². The first-order chi connectivity index (χ1) is 13.6. The van der Waals surface area contributed by atoms with E-state index in [2.05, 4.69) is 0 Å². The summed E-state index contributed by atoms with van der Waals surface area (Å²) < 4.78 is 0. The van der Waals surface area contributed by atoms with Gasteiger partial charge in [-0.3, -0.25) is 9.59 Å². The Balaban J connectivity index is 1.73. The number of nitrogens with zero attached hydrogens (tertiary/aromatic N) is 1. The summed E-state index contributed by atoms with van der Waals surface area (Å²) in [6, 6.07) is 28.0. The predicted molar refractivity (Wildman–Crippen MR) is 111 cm³/mol. The first-order valence-corrected chi connectivity index (χ1v) is 9.15. The molecule has 4 nitrogen and oxygen atoms in total. The average molecular weight is 368 g/mol. The molecule has 0 atom stereocenters. The number of rotatable bonds is 4. The van der Waals surface area contributed by atoms with Crippen LogP contribution in [0.1, 0.15) is 11.1 Å². The normalized spacial score (nSPS) is 10.9. The van der Waals surface area contributed by atoms with E-state index in [-0.39, 0.29) is 0 Å². The van der Waals surface area contributed by atoms with Gasteiger partial charge in [0, 0.05) is 13.1 Å².